The minimum absolute atomic E-state index is 0.0671. The standard InChI is InChI=1S/C25H22ClF3N2/c26-17-14-21-20(12-6-7-13-30)23(31-24(21)22(15-17)25(27,28)29)19-11-5-4-10-18(19)16-8-2-1-3-9-16/h1-5,8-11,14-15,31H,6-7,12-13,30H2. The first-order valence-electron chi connectivity index (χ1n) is 10.2. The maximum absolute atomic E-state index is 13.8. The molecule has 0 aliphatic heterocycles. The van der Waals surface area contributed by atoms with Crippen molar-refractivity contribution < 1.29 is 13.2 Å². The molecule has 0 radical (unpaired) electrons. The van der Waals surface area contributed by atoms with Crippen LogP contribution in [0.4, 0.5) is 13.2 Å². The summed E-state index contributed by atoms with van der Waals surface area (Å²) in [5.74, 6) is 0. The van der Waals surface area contributed by atoms with Gasteiger partial charge in [-0.2, -0.15) is 13.2 Å². The number of aromatic nitrogens is 1. The van der Waals surface area contributed by atoms with Crippen molar-refractivity contribution in [1.29, 1.82) is 0 Å². The van der Waals surface area contributed by atoms with Gasteiger partial charge in [-0.15, -0.1) is 0 Å². The molecule has 31 heavy (non-hydrogen) atoms. The van der Waals surface area contributed by atoms with Crippen molar-refractivity contribution in [3.8, 4) is 22.4 Å². The van der Waals surface area contributed by atoms with Gasteiger partial charge in [0.1, 0.15) is 0 Å². The Hall–Kier alpha value is -2.76. The molecule has 4 rings (SSSR count). The van der Waals surface area contributed by atoms with Gasteiger partial charge in [-0.1, -0.05) is 66.2 Å². The highest BCUT2D eigenvalue weighted by atomic mass is 35.5. The van der Waals surface area contributed by atoms with Crippen LogP contribution < -0.4 is 5.73 Å². The average Bonchev–Trinajstić information content (AvgIpc) is 3.11. The topological polar surface area (TPSA) is 41.8 Å². The first-order valence-corrected chi connectivity index (χ1v) is 10.5. The number of benzene rings is 3. The van der Waals surface area contributed by atoms with Gasteiger partial charge in [0, 0.05) is 16.0 Å². The second-order valence-electron chi connectivity index (χ2n) is 7.51. The lowest BCUT2D eigenvalue weighted by Gasteiger charge is -2.11. The molecule has 6 heteroatoms. The molecule has 0 aliphatic carbocycles. The Morgan fingerprint density at radius 3 is 2.23 bits per heavy atom. The highest BCUT2D eigenvalue weighted by Crippen LogP contribution is 2.42. The number of nitrogens with two attached hydrogens (primary N) is 1. The molecular weight excluding hydrogens is 421 g/mol. The molecule has 160 valence electrons. The Bertz CT molecular complexity index is 1200. The van der Waals surface area contributed by atoms with Crippen LogP contribution in [0, 0.1) is 0 Å². The number of aryl methyl sites for hydroxylation is 1. The summed E-state index contributed by atoms with van der Waals surface area (Å²) in [5.41, 5.74) is 9.31. The quantitative estimate of drug-likeness (QED) is 0.299. The summed E-state index contributed by atoms with van der Waals surface area (Å²) in [6.45, 7) is 0.535. The monoisotopic (exact) mass is 442 g/mol. The second kappa shape index (κ2) is 8.77. The van der Waals surface area contributed by atoms with E-state index < -0.39 is 11.7 Å². The first-order chi connectivity index (χ1) is 14.9. The zero-order valence-corrected chi connectivity index (χ0v) is 17.5. The number of aromatic amines is 1. The molecule has 0 bridgehead atoms. The molecule has 0 atom stereocenters. The second-order valence-corrected chi connectivity index (χ2v) is 7.95. The minimum atomic E-state index is -4.52. The predicted molar refractivity (Wildman–Crippen MR) is 121 cm³/mol. The lowest BCUT2D eigenvalue weighted by atomic mass is 9.93. The molecule has 0 unspecified atom stereocenters. The predicted octanol–water partition coefficient (Wildman–Crippen LogP) is 7.46. The van der Waals surface area contributed by atoms with Crippen molar-refractivity contribution in [2.45, 2.75) is 25.4 Å². The number of hydrogen-bond donors (Lipinski definition) is 2. The van der Waals surface area contributed by atoms with Gasteiger partial charge in [-0.05, 0) is 54.6 Å². The number of unbranched alkanes of at least 4 members (excludes halogenated alkanes) is 1. The van der Waals surface area contributed by atoms with Crippen LogP contribution >= 0.6 is 11.6 Å². The van der Waals surface area contributed by atoms with Gasteiger partial charge in [-0.25, -0.2) is 0 Å². The highest BCUT2D eigenvalue weighted by molar-refractivity contribution is 6.31. The van der Waals surface area contributed by atoms with Crippen molar-refractivity contribution in [2.75, 3.05) is 6.54 Å². The van der Waals surface area contributed by atoms with Crippen molar-refractivity contribution in [3.63, 3.8) is 0 Å². The molecule has 0 aliphatic rings. The Balaban J connectivity index is 2.00. The molecule has 2 nitrogen and oxygen atoms in total. The number of rotatable bonds is 6. The van der Waals surface area contributed by atoms with Gasteiger partial charge in [0.05, 0.1) is 16.8 Å². The van der Waals surface area contributed by atoms with E-state index in [1.165, 1.54) is 0 Å². The SMILES string of the molecule is NCCCCc1c(-c2ccccc2-c2ccccc2)[nH]c2c(C(F)(F)F)cc(Cl)cc12. The van der Waals surface area contributed by atoms with E-state index >= 15 is 0 Å². The van der Waals surface area contributed by atoms with E-state index in [0.717, 1.165) is 41.2 Å². The summed E-state index contributed by atoms with van der Waals surface area (Å²) in [7, 11) is 0. The van der Waals surface area contributed by atoms with Crippen LogP contribution in [-0.4, -0.2) is 11.5 Å². The van der Waals surface area contributed by atoms with Crippen molar-refractivity contribution in [3.05, 3.63) is 82.9 Å². The molecule has 4 aromatic rings. The molecule has 0 saturated carbocycles. The van der Waals surface area contributed by atoms with E-state index in [4.69, 9.17) is 17.3 Å². The number of nitrogens with one attached hydrogen (secondary N) is 1. The minimum Gasteiger partial charge on any atom is -0.354 e. The van der Waals surface area contributed by atoms with Gasteiger partial charge < -0.3 is 10.7 Å². The van der Waals surface area contributed by atoms with Gasteiger partial charge in [0.25, 0.3) is 0 Å². The number of H-pyrrole nitrogens is 1. The summed E-state index contributed by atoms with van der Waals surface area (Å²) in [5, 5.41) is 0.580. The summed E-state index contributed by atoms with van der Waals surface area (Å²) in [6.07, 6.45) is -2.34. The zero-order chi connectivity index (χ0) is 22.0. The summed E-state index contributed by atoms with van der Waals surface area (Å²) in [6, 6.07) is 20.2. The van der Waals surface area contributed by atoms with Crippen LogP contribution in [0.2, 0.25) is 5.02 Å². The molecular formula is C25H22ClF3N2. The number of hydrogen-bond acceptors (Lipinski definition) is 1. The molecule has 3 aromatic carbocycles. The molecule has 3 N–H and O–H groups in total. The first kappa shape index (κ1) is 21.5. The number of halogens is 4. The van der Waals surface area contributed by atoms with E-state index in [-0.39, 0.29) is 10.5 Å². The van der Waals surface area contributed by atoms with Crippen LogP contribution in [0.1, 0.15) is 24.0 Å². The van der Waals surface area contributed by atoms with Crippen molar-refractivity contribution in [1.82, 2.24) is 4.98 Å². The van der Waals surface area contributed by atoms with E-state index in [9.17, 15) is 13.2 Å². The van der Waals surface area contributed by atoms with E-state index in [1.54, 1.807) is 6.07 Å². The molecule has 0 saturated heterocycles. The maximum atomic E-state index is 13.8. The molecule has 0 amide bonds. The van der Waals surface area contributed by atoms with E-state index in [0.29, 0.717) is 24.0 Å². The van der Waals surface area contributed by atoms with Crippen LogP contribution in [-0.2, 0) is 12.6 Å². The van der Waals surface area contributed by atoms with Gasteiger partial charge >= 0.3 is 6.18 Å². The Morgan fingerprint density at radius 1 is 0.871 bits per heavy atom. The van der Waals surface area contributed by atoms with Crippen LogP contribution in [0.25, 0.3) is 33.3 Å². The average molecular weight is 443 g/mol. The fraction of sp³-hybridized carbons (Fsp3) is 0.200. The van der Waals surface area contributed by atoms with Gasteiger partial charge in [0.2, 0.25) is 0 Å². The number of fused-ring (bicyclic) bond motifs is 1. The van der Waals surface area contributed by atoms with E-state index in [2.05, 4.69) is 4.98 Å². The van der Waals surface area contributed by atoms with Crippen molar-refractivity contribution in [2.24, 2.45) is 5.73 Å². The summed E-state index contributed by atoms with van der Waals surface area (Å²) in [4.78, 5) is 3.11. The lowest BCUT2D eigenvalue weighted by Crippen LogP contribution is -2.05. The third-order valence-corrected chi connectivity index (χ3v) is 5.67. The zero-order valence-electron chi connectivity index (χ0n) is 16.8. The third kappa shape index (κ3) is 4.34. The highest BCUT2D eigenvalue weighted by Gasteiger charge is 2.35. The van der Waals surface area contributed by atoms with Crippen LogP contribution in [0.5, 0.6) is 0 Å². The summed E-state index contributed by atoms with van der Waals surface area (Å²) < 4.78 is 41.4. The fourth-order valence-electron chi connectivity index (χ4n) is 4.04. The largest absolute Gasteiger partial charge is 0.418 e. The Kier molecular flexibility index (Phi) is 6.08. The maximum Gasteiger partial charge on any atom is 0.418 e. The van der Waals surface area contributed by atoms with Gasteiger partial charge in [0.15, 0.2) is 0 Å². The number of alkyl halides is 3. The normalized spacial score (nSPS) is 11.9. The lowest BCUT2D eigenvalue weighted by molar-refractivity contribution is -0.136. The van der Waals surface area contributed by atoms with Crippen molar-refractivity contribution >= 4 is 22.5 Å². The van der Waals surface area contributed by atoms with Gasteiger partial charge in [-0.3, -0.25) is 0 Å². The smallest absolute Gasteiger partial charge is 0.354 e. The third-order valence-electron chi connectivity index (χ3n) is 5.45. The van der Waals surface area contributed by atoms with E-state index in [1.807, 2.05) is 54.6 Å². The molecule has 1 aromatic heterocycles. The van der Waals surface area contributed by atoms with Crippen LogP contribution in [0.3, 0.4) is 0 Å². The molecule has 1 heterocycles. The Morgan fingerprint density at radius 2 is 1.55 bits per heavy atom. The molecule has 0 fully saturated rings. The molecule has 0 spiro atoms. The fourth-order valence-corrected chi connectivity index (χ4v) is 4.26. The Labute approximate surface area is 183 Å². The van der Waals surface area contributed by atoms with Crippen LogP contribution in [0.15, 0.2) is 66.7 Å². The summed E-state index contributed by atoms with van der Waals surface area (Å²) >= 11 is 6.11.